The molecule has 1 amide bonds. The molecule has 7 heteroatoms. The standard InChI is InChI=1S/C26H33N5OS/c1-5-8-18(16-29-3)9-7-12-22-24(32)31(4)25(28)30-26(22,2)23-14-21(17-33-23)20-11-6-10-19(13-20)15-27/h6,8,10-11,14,16-17,20,22H,5,7,9,12-13H2,1-4H3,(H2,28,30)/b18-8-,29-16?/t20?,22?,26-/m0/s1. The van der Waals surface area contributed by atoms with Gasteiger partial charge in [-0.25, -0.2) is 4.99 Å². The minimum Gasteiger partial charge on any atom is -0.369 e. The topological polar surface area (TPSA) is 94.8 Å². The van der Waals surface area contributed by atoms with E-state index < -0.39 is 5.54 Å². The van der Waals surface area contributed by atoms with Crippen molar-refractivity contribution in [3.05, 3.63) is 57.3 Å². The molecule has 33 heavy (non-hydrogen) atoms. The summed E-state index contributed by atoms with van der Waals surface area (Å²) < 4.78 is 0. The molecule has 0 bridgehead atoms. The van der Waals surface area contributed by atoms with Gasteiger partial charge in [0.2, 0.25) is 5.91 Å². The molecule has 0 saturated heterocycles. The van der Waals surface area contributed by atoms with Gasteiger partial charge in [0.15, 0.2) is 5.96 Å². The van der Waals surface area contributed by atoms with Crippen LogP contribution in [0, 0.1) is 17.2 Å². The molecule has 0 fully saturated rings. The molecule has 2 unspecified atom stereocenters. The third-order valence-corrected chi connectivity index (χ3v) is 7.66. The van der Waals surface area contributed by atoms with Crippen molar-refractivity contribution in [3.63, 3.8) is 0 Å². The lowest BCUT2D eigenvalue weighted by Crippen LogP contribution is -2.53. The average molecular weight is 464 g/mol. The minimum atomic E-state index is -0.712. The van der Waals surface area contributed by atoms with Crippen molar-refractivity contribution in [1.29, 1.82) is 5.26 Å². The Bertz CT molecular complexity index is 1070. The van der Waals surface area contributed by atoms with E-state index in [0.29, 0.717) is 12.8 Å². The number of nitrogens with two attached hydrogens (primary N) is 1. The fourth-order valence-electron chi connectivity index (χ4n) is 4.57. The molecule has 2 N–H and O–H groups in total. The number of aliphatic imine (C=N–C) groups is 2. The smallest absolute Gasteiger partial charge is 0.234 e. The van der Waals surface area contributed by atoms with Crippen molar-refractivity contribution >= 4 is 29.4 Å². The van der Waals surface area contributed by atoms with Crippen LogP contribution in [-0.2, 0) is 10.3 Å². The van der Waals surface area contributed by atoms with Gasteiger partial charge in [0.05, 0.1) is 12.0 Å². The number of carbonyl (C=O) groups excluding carboxylic acids is 1. The summed E-state index contributed by atoms with van der Waals surface area (Å²) in [7, 11) is 3.48. The highest BCUT2D eigenvalue weighted by atomic mass is 32.1. The fourth-order valence-corrected chi connectivity index (χ4v) is 5.70. The zero-order valence-electron chi connectivity index (χ0n) is 19.9. The van der Waals surface area contributed by atoms with E-state index in [1.165, 1.54) is 10.5 Å². The van der Waals surface area contributed by atoms with Gasteiger partial charge in [-0.15, -0.1) is 11.3 Å². The van der Waals surface area contributed by atoms with Crippen LogP contribution in [0.15, 0.2) is 56.9 Å². The molecule has 3 rings (SSSR count). The first kappa shape index (κ1) is 24.7. The van der Waals surface area contributed by atoms with Gasteiger partial charge < -0.3 is 5.73 Å². The Morgan fingerprint density at radius 3 is 3.00 bits per heavy atom. The van der Waals surface area contributed by atoms with Crippen LogP contribution in [0.2, 0.25) is 0 Å². The molecule has 6 nitrogen and oxygen atoms in total. The highest BCUT2D eigenvalue weighted by Crippen LogP contribution is 2.44. The van der Waals surface area contributed by atoms with E-state index in [-0.39, 0.29) is 23.7 Å². The Balaban J connectivity index is 1.86. The molecule has 1 aliphatic carbocycles. The SMILES string of the molecule is CC/C=C(\C=NC)CCCC1C(=O)N(C)C(N)=N[C@]1(C)c1cc(C2C=CC=C(C#N)C2)cs1. The second-order valence-electron chi connectivity index (χ2n) is 8.78. The Morgan fingerprint density at radius 1 is 1.52 bits per heavy atom. The molecule has 1 aliphatic heterocycles. The number of hydrogen-bond donors (Lipinski definition) is 1. The first-order valence-electron chi connectivity index (χ1n) is 11.4. The molecular weight excluding hydrogens is 430 g/mol. The van der Waals surface area contributed by atoms with Crippen LogP contribution >= 0.6 is 11.3 Å². The Kier molecular flexibility index (Phi) is 8.04. The maximum Gasteiger partial charge on any atom is 0.234 e. The molecule has 2 heterocycles. The van der Waals surface area contributed by atoms with Crippen molar-refractivity contribution < 1.29 is 4.79 Å². The molecule has 1 aromatic heterocycles. The van der Waals surface area contributed by atoms with Gasteiger partial charge in [0, 0.05) is 36.7 Å². The van der Waals surface area contributed by atoms with E-state index in [4.69, 9.17) is 10.7 Å². The molecule has 0 radical (unpaired) electrons. The van der Waals surface area contributed by atoms with Gasteiger partial charge in [-0.05, 0) is 67.7 Å². The molecule has 1 aromatic rings. The first-order valence-corrected chi connectivity index (χ1v) is 12.3. The number of carbonyl (C=O) groups is 1. The predicted octanol–water partition coefficient (Wildman–Crippen LogP) is 5.07. The lowest BCUT2D eigenvalue weighted by Gasteiger charge is -2.40. The number of amides is 1. The molecule has 174 valence electrons. The zero-order valence-corrected chi connectivity index (χ0v) is 20.7. The number of rotatable bonds is 8. The highest BCUT2D eigenvalue weighted by molar-refractivity contribution is 7.10. The third kappa shape index (κ3) is 5.33. The number of hydrogen-bond acceptors (Lipinski definition) is 6. The van der Waals surface area contributed by atoms with E-state index >= 15 is 0 Å². The van der Waals surface area contributed by atoms with Crippen molar-refractivity contribution in [2.75, 3.05) is 14.1 Å². The van der Waals surface area contributed by atoms with Crippen molar-refractivity contribution in [2.24, 2.45) is 21.6 Å². The van der Waals surface area contributed by atoms with Gasteiger partial charge in [-0.3, -0.25) is 14.7 Å². The predicted molar refractivity (Wildman–Crippen MR) is 136 cm³/mol. The third-order valence-electron chi connectivity index (χ3n) is 6.49. The summed E-state index contributed by atoms with van der Waals surface area (Å²) in [6, 6.07) is 4.41. The van der Waals surface area contributed by atoms with Gasteiger partial charge in [0.1, 0.15) is 5.54 Å². The summed E-state index contributed by atoms with van der Waals surface area (Å²) in [5.74, 6) is 0.136. The van der Waals surface area contributed by atoms with Crippen LogP contribution in [0.25, 0.3) is 0 Å². The van der Waals surface area contributed by atoms with Crippen LogP contribution in [0.5, 0.6) is 0 Å². The summed E-state index contributed by atoms with van der Waals surface area (Å²) in [6.45, 7) is 4.14. The maximum atomic E-state index is 13.3. The van der Waals surface area contributed by atoms with Gasteiger partial charge in [0.25, 0.3) is 0 Å². The normalized spacial score (nSPS) is 25.8. The molecule has 0 spiro atoms. The van der Waals surface area contributed by atoms with Crippen LogP contribution in [0.4, 0.5) is 0 Å². The lowest BCUT2D eigenvalue weighted by atomic mass is 9.78. The number of nitrogens with zero attached hydrogens (tertiary/aromatic N) is 4. The van der Waals surface area contributed by atoms with Crippen LogP contribution in [-0.4, -0.2) is 37.1 Å². The Morgan fingerprint density at radius 2 is 2.30 bits per heavy atom. The van der Waals surface area contributed by atoms with Crippen molar-refractivity contribution in [2.45, 2.75) is 57.4 Å². The molecule has 2 aliphatic rings. The maximum absolute atomic E-state index is 13.3. The molecule has 0 aromatic carbocycles. The minimum absolute atomic E-state index is 0.0115. The molecule has 3 atom stereocenters. The Hall–Kier alpha value is -2.98. The van der Waals surface area contributed by atoms with Crippen molar-refractivity contribution in [3.8, 4) is 6.07 Å². The zero-order chi connectivity index (χ0) is 24.0. The van der Waals surface area contributed by atoms with E-state index in [0.717, 1.165) is 35.3 Å². The van der Waals surface area contributed by atoms with E-state index in [1.54, 1.807) is 25.4 Å². The van der Waals surface area contributed by atoms with Crippen molar-refractivity contribution in [1.82, 2.24) is 4.90 Å². The Labute approximate surface area is 200 Å². The fraction of sp³-hybridized carbons (Fsp3) is 0.462. The van der Waals surface area contributed by atoms with Crippen LogP contribution in [0.1, 0.15) is 62.3 Å². The molecule has 0 saturated carbocycles. The van der Waals surface area contributed by atoms with E-state index in [1.807, 2.05) is 25.3 Å². The number of thiophene rings is 1. The monoisotopic (exact) mass is 463 g/mol. The van der Waals surface area contributed by atoms with Crippen LogP contribution < -0.4 is 5.73 Å². The molecular formula is C26H33N5OS. The largest absolute Gasteiger partial charge is 0.369 e. The van der Waals surface area contributed by atoms with E-state index in [2.05, 4.69) is 41.6 Å². The average Bonchev–Trinajstić information content (AvgIpc) is 3.31. The summed E-state index contributed by atoms with van der Waals surface area (Å²) in [5.41, 5.74) is 8.58. The highest BCUT2D eigenvalue weighted by Gasteiger charge is 2.46. The van der Waals surface area contributed by atoms with Gasteiger partial charge in [-0.1, -0.05) is 25.2 Å². The summed E-state index contributed by atoms with van der Waals surface area (Å²) in [6.07, 6.45) is 14.1. The summed E-state index contributed by atoms with van der Waals surface area (Å²) in [5, 5.41) is 11.4. The van der Waals surface area contributed by atoms with Crippen LogP contribution in [0.3, 0.4) is 0 Å². The van der Waals surface area contributed by atoms with E-state index in [9.17, 15) is 10.1 Å². The summed E-state index contributed by atoms with van der Waals surface area (Å²) >= 11 is 1.62. The van der Waals surface area contributed by atoms with Gasteiger partial charge in [-0.2, -0.15) is 5.26 Å². The summed E-state index contributed by atoms with van der Waals surface area (Å²) in [4.78, 5) is 24.8. The number of guanidine groups is 1. The lowest BCUT2D eigenvalue weighted by molar-refractivity contribution is -0.134. The first-order chi connectivity index (χ1) is 15.8. The van der Waals surface area contributed by atoms with Gasteiger partial charge >= 0.3 is 0 Å². The second-order valence-corrected chi connectivity index (χ2v) is 9.69. The number of allylic oxidation sites excluding steroid dienone is 6. The second kappa shape index (κ2) is 10.8. The quantitative estimate of drug-likeness (QED) is 0.545. The number of nitriles is 1.